The van der Waals surface area contributed by atoms with Crippen LogP contribution in [-0.4, -0.2) is 69.3 Å². The summed E-state index contributed by atoms with van der Waals surface area (Å²) in [6.45, 7) is 12.2. The van der Waals surface area contributed by atoms with Gasteiger partial charge >= 0.3 is 0 Å². The zero-order valence-corrected chi connectivity index (χ0v) is 18.7. The smallest absolute Gasteiger partial charge is 0.277 e. The van der Waals surface area contributed by atoms with Gasteiger partial charge < -0.3 is 9.80 Å². The SMILES string of the molecule is CC(C)CN(CC(C)C)C(=O)C[NH+]1CCN(S(=O)(=O)c2ccccc2C#N)CC1. The van der Waals surface area contributed by atoms with Crippen molar-refractivity contribution in [3.63, 3.8) is 0 Å². The molecule has 0 bridgehead atoms. The van der Waals surface area contributed by atoms with E-state index in [1.54, 1.807) is 12.1 Å². The van der Waals surface area contributed by atoms with Crippen LogP contribution in [0.2, 0.25) is 0 Å². The molecular formula is C21H33N4O3S+. The molecule has 29 heavy (non-hydrogen) atoms. The number of sulfonamides is 1. The van der Waals surface area contributed by atoms with Crippen molar-refractivity contribution in [2.75, 3.05) is 45.8 Å². The number of hydrogen-bond donors (Lipinski definition) is 1. The zero-order valence-electron chi connectivity index (χ0n) is 17.9. The number of rotatable bonds is 8. The van der Waals surface area contributed by atoms with E-state index in [4.69, 9.17) is 0 Å². The maximum Gasteiger partial charge on any atom is 0.277 e. The van der Waals surface area contributed by atoms with Gasteiger partial charge in [-0.25, -0.2) is 8.42 Å². The molecule has 1 heterocycles. The third-order valence-corrected chi connectivity index (χ3v) is 6.94. The van der Waals surface area contributed by atoms with Crippen LogP contribution in [0, 0.1) is 23.2 Å². The van der Waals surface area contributed by atoms with Crippen molar-refractivity contribution in [1.82, 2.24) is 9.21 Å². The Balaban J connectivity index is 1.99. The predicted molar refractivity (Wildman–Crippen MR) is 112 cm³/mol. The van der Waals surface area contributed by atoms with Crippen molar-refractivity contribution >= 4 is 15.9 Å². The molecule has 1 aliphatic heterocycles. The second-order valence-corrected chi connectivity index (χ2v) is 10.4. The normalized spacial score (nSPS) is 16.2. The zero-order chi connectivity index (χ0) is 21.6. The average Bonchev–Trinajstić information content (AvgIpc) is 2.67. The Labute approximate surface area is 174 Å². The van der Waals surface area contributed by atoms with E-state index in [9.17, 15) is 18.5 Å². The van der Waals surface area contributed by atoms with Gasteiger partial charge in [-0.2, -0.15) is 9.57 Å². The van der Waals surface area contributed by atoms with Crippen LogP contribution in [0.15, 0.2) is 29.2 Å². The molecule has 1 amide bonds. The lowest BCUT2D eigenvalue weighted by atomic mass is 10.1. The highest BCUT2D eigenvalue weighted by molar-refractivity contribution is 7.89. The molecule has 0 radical (unpaired) electrons. The van der Waals surface area contributed by atoms with Gasteiger partial charge in [0, 0.05) is 13.1 Å². The molecule has 0 spiro atoms. The standard InChI is InChI=1S/C21H32N4O3S/c1-17(2)14-24(15-18(3)4)21(26)16-23-9-11-25(12-10-23)29(27,28)20-8-6-5-7-19(20)13-22/h5-8,17-18H,9-12,14-16H2,1-4H3/p+1. The average molecular weight is 422 g/mol. The van der Waals surface area contributed by atoms with Gasteiger partial charge in [0.05, 0.1) is 36.6 Å². The first-order valence-corrected chi connectivity index (χ1v) is 11.7. The number of nitriles is 1. The number of benzene rings is 1. The van der Waals surface area contributed by atoms with Crippen LogP contribution in [0.3, 0.4) is 0 Å². The van der Waals surface area contributed by atoms with E-state index in [0.717, 1.165) is 18.0 Å². The molecule has 2 rings (SSSR count). The number of carbonyl (C=O) groups excluding carboxylic acids is 1. The van der Waals surface area contributed by atoms with Crippen molar-refractivity contribution < 1.29 is 18.1 Å². The fourth-order valence-corrected chi connectivity index (χ4v) is 5.21. The van der Waals surface area contributed by atoms with Crippen LogP contribution >= 0.6 is 0 Å². The Morgan fingerprint density at radius 1 is 1.14 bits per heavy atom. The Hall–Kier alpha value is -1.95. The summed E-state index contributed by atoms with van der Waals surface area (Å²) in [7, 11) is -3.70. The second-order valence-electron chi connectivity index (χ2n) is 8.53. The van der Waals surface area contributed by atoms with Crippen LogP contribution in [0.4, 0.5) is 0 Å². The molecule has 160 valence electrons. The van der Waals surface area contributed by atoms with Gasteiger partial charge in [-0.3, -0.25) is 4.79 Å². The van der Waals surface area contributed by atoms with Gasteiger partial charge in [0.2, 0.25) is 10.0 Å². The summed E-state index contributed by atoms with van der Waals surface area (Å²) in [5, 5.41) is 9.22. The van der Waals surface area contributed by atoms with Crippen LogP contribution in [0.1, 0.15) is 33.3 Å². The minimum absolute atomic E-state index is 0.0575. The molecule has 0 aliphatic carbocycles. The van der Waals surface area contributed by atoms with Crippen LogP contribution in [0.5, 0.6) is 0 Å². The highest BCUT2D eigenvalue weighted by Gasteiger charge is 2.33. The molecule has 1 aliphatic rings. The highest BCUT2D eigenvalue weighted by atomic mass is 32.2. The second kappa shape index (κ2) is 10.2. The lowest BCUT2D eigenvalue weighted by Gasteiger charge is -2.33. The van der Waals surface area contributed by atoms with Gasteiger partial charge in [0.25, 0.3) is 5.91 Å². The molecule has 0 atom stereocenters. The molecule has 7 nitrogen and oxygen atoms in total. The summed E-state index contributed by atoms with van der Waals surface area (Å²) in [4.78, 5) is 15.9. The van der Waals surface area contributed by atoms with Gasteiger partial charge in [-0.15, -0.1) is 0 Å². The van der Waals surface area contributed by atoms with Crippen molar-refractivity contribution in [1.29, 1.82) is 5.26 Å². The maximum absolute atomic E-state index is 12.9. The monoisotopic (exact) mass is 421 g/mol. The molecule has 0 unspecified atom stereocenters. The van der Waals surface area contributed by atoms with Crippen LogP contribution in [0.25, 0.3) is 0 Å². The topological polar surface area (TPSA) is 85.9 Å². The fourth-order valence-electron chi connectivity index (χ4n) is 3.63. The summed E-state index contributed by atoms with van der Waals surface area (Å²) in [5.41, 5.74) is 0.162. The first kappa shape index (κ1) is 23.3. The first-order valence-electron chi connectivity index (χ1n) is 10.3. The number of amides is 1. The van der Waals surface area contributed by atoms with Gasteiger partial charge in [-0.05, 0) is 24.0 Å². The molecule has 1 aromatic rings. The first-order chi connectivity index (χ1) is 13.6. The van der Waals surface area contributed by atoms with E-state index < -0.39 is 10.0 Å². The molecule has 1 fully saturated rings. The lowest BCUT2D eigenvalue weighted by molar-refractivity contribution is -0.896. The fraction of sp³-hybridized carbons (Fsp3) is 0.619. The van der Waals surface area contributed by atoms with E-state index in [-0.39, 0.29) is 16.4 Å². The van der Waals surface area contributed by atoms with E-state index >= 15 is 0 Å². The Morgan fingerprint density at radius 2 is 1.69 bits per heavy atom. The van der Waals surface area contributed by atoms with Crippen LogP contribution < -0.4 is 4.90 Å². The summed E-state index contributed by atoms with van der Waals surface area (Å²) in [6.07, 6.45) is 0. The van der Waals surface area contributed by atoms with Gasteiger partial charge in [0.1, 0.15) is 6.07 Å². The Bertz CT molecular complexity index is 828. The summed E-state index contributed by atoms with van der Waals surface area (Å²) in [6, 6.07) is 8.24. The van der Waals surface area contributed by atoms with E-state index in [0.29, 0.717) is 44.6 Å². The minimum Gasteiger partial charge on any atom is -0.337 e. The number of nitrogens with one attached hydrogen (secondary N) is 1. The quantitative estimate of drug-likeness (QED) is 0.666. The van der Waals surface area contributed by atoms with E-state index in [1.807, 2.05) is 11.0 Å². The van der Waals surface area contributed by atoms with E-state index in [1.165, 1.54) is 16.4 Å². The number of nitrogens with zero attached hydrogens (tertiary/aromatic N) is 3. The summed E-state index contributed by atoms with van der Waals surface area (Å²) >= 11 is 0. The van der Waals surface area contributed by atoms with Crippen molar-refractivity contribution in [2.45, 2.75) is 32.6 Å². The number of piperazine rings is 1. The molecule has 1 aromatic carbocycles. The van der Waals surface area contributed by atoms with Gasteiger partial charge in [-0.1, -0.05) is 39.8 Å². The van der Waals surface area contributed by atoms with E-state index in [2.05, 4.69) is 27.7 Å². The number of carbonyl (C=O) groups is 1. The Morgan fingerprint density at radius 3 is 2.21 bits per heavy atom. The van der Waals surface area contributed by atoms with Crippen LogP contribution in [-0.2, 0) is 14.8 Å². The predicted octanol–water partition coefficient (Wildman–Crippen LogP) is 0.588. The third-order valence-electron chi connectivity index (χ3n) is 4.98. The largest absolute Gasteiger partial charge is 0.337 e. The van der Waals surface area contributed by atoms with Crippen molar-refractivity contribution in [2.24, 2.45) is 11.8 Å². The molecule has 0 saturated carbocycles. The molecular weight excluding hydrogens is 388 g/mol. The lowest BCUT2D eigenvalue weighted by Crippen LogP contribution is -3.15. The summed E-state index contributed by atoms with van der Waals surface area (Å²) < 4.78 is 27.3. The summed E-state index contributed by atoms with van der Waals surface area (Å²) in [5.74, 6) is 0.957. The molecule has 1 N–H and O–H groups in total. The number of quaternary nitrogens is 1. The number of hydrogen-bond acceptors (Lipinski definition) is 4. The minimum atomic E-state index is -3.70. The van der Waals surface area contributed by atoms with Crippen molar-refractivity contribution in [3.8, 4) is 6.07 Å². The highest BCUT2D eigenvalue weighted by Crippen LogP contribution is 2.19. The third kappa shape index (κ3) is 6.26. The molecule has 0 aromatic heterocycles. The molecule has 8 heteroatoms. The maximum atomic E-state index is 12.9. The van der Waals surface area contributed by atoms with Crippen molar-refractivity contribution in [3.05, 3.63) is 29.8 Å². The molecule has 1 saturated heterocycles. The van der Waals surface area contributed by atoms with Gasteiger partial charge in [0.15, 0.2) is 6.54 Å². The Kier molecular flexibility index (Phi) is 8.20.